The lowest BCUT2D eigenvalue weighted by atomic mass is 10.1. The Kier molecular flexibility index (Phi) is 3.93. The normalized spacial score (nSPS) is 9.78. The maximum Gasteiger partial charge on any atom is 0.385 e. The van der Waals surface area contributed by atoms with Crippen molar-refractivity contribution in [2.24, 2.45) is 0 Å². The summed E-state index contributed by atoms with van der Waals surface area (Å²) < 4.78 is 0. The Morgan fingerprint density at radius 1 is 1.00 bits per heavy atom. The fourth-order valence-corrected chi connectivity index (χ4v) is 1.92. The molecule has 2 rings (SSSR count). The first-order valence-electron chi connectivity index (χ1n) is 6.09. The van der Waals surface area contributed by atoms with Gasteiger partial charge in [-0.2, -0.15) is 0 Å². The van der Waals surface area contributed by atoms with E-state index in [2.05, 4.69) is 41.5 Å². The zero-order valence-corrected chi connectivity index (χ0v) is 10.4. The van der Waals surface area contributed by atoms with Crippen LogP contribution in [0.25, 0.3) is 4.98 Å². The van der Waals surface area contributed by atoms with Crippen LogP contribution in [0.3, 0.4) is 0 Å². The van der Waals surface area contributed by atoms with Crippen LogP contribution in [0.2, 0.25) is 0 Å². The maximum absolute atomic E-state index is 8.61. The van der Waals surface area contributed by atoms with Crippen LogP contribution in [-0.4, -0.2) is 0 Å². The third-order valence-electron chi connectivity index (χ3n) is 2.97. The monoisotopic (exact) mass is 238 g/mol. The Labute approximate surface area is 107 Å². The van der Waals surface area contributed by atoms with E-state index in [9.17, 15) is 0 Å². The van der Waals surface area contributed by atoms with E-state index < -0.39 is 0 Å². The first-order valence-corrected chi connectivity index (χ1v) is 6.09. The molecule has 0 aliphatic heterocycles. The van der Waals surface area contributed by atoms with Gasteiger partial charge < -0.3 is 5.32 Å². The predicted molar refractivity (Wildman–Crippen MR) is 74.3 cm³/mol. The molecule has 0 saturated carbocycles. The first kappa shape index (κ1) is 12.1. The molecule has 2 aromatic carbocycles. The number of nitrogens with one attached hydrogen (secondary N) is 1. The summed E-state index contributed by atoms with van der Waals surface area (Å²) in [5.74, 6) is 0. The van der Waals surface area contributed by atoms with Gasteiger partial charge in [0.1, 0.15) is 0 Å². The highest BCUT2D eigenvalue weighted by Crippen LogP contribution is 2.17. The van der Waals surface area contributed by atoms with Crippen molar-refractivity contribution in [2.75, 3.05) is 5.32 Å². The van der Waals surface area contributed by atoms with Crippen molar-refractivity contribution in [2.45, 2.75) is 19.9 Å². The van der Waals surface area contributed by atoms with E-state index in [1.807, 2.05) is 12.1 Å². The van der Waals surface area contributed by atoms with Crippen LogP contribution in [-0.2, 0) is 13.0 Å². The summed E-state index contributed by atoms with van der Waals surface area (Å²) in [6.07, 6.45) is 1.04. The van der Waals surface area contributed by atoms with Crippen LogP contribution in [0.4, 0.5) is 11.4 Å². The third-order valence-corrected chi connectivity index (χ3v) is 2.97. The summed E-state index contributed by atoms with van der Waals surface area (Å²) in [7, 11) is 0. The molecule has 90 valence electrons. The summed E-state index contributed by atoms with van der Waals surface area (Å²) in [6, 6.07) is 15.8. The summed E-state index contributed by atoms with van der Waals surface area (Å²) in [5, 5.41) is 12.0. The number of hydrogen-bond donors (Lipinski definition) is 1. The second kappa shape index (κ2) is 5.83. The number of diazo groups is 1. The highest BCUT2D eigenvalue weighted by atomic mass is 14.9. The van der Waals surface area contributed by atoms with Crippen LogP contribution in [0, 0.1) is 5.39 Å². The number of nitrogens with zero attached hydrogens (tertiary/aromatic N) is 2. The summed E-state index contributed by atoms with van der Waals surface area (Å²) in [4.78, 5) is 3.13. The van der Waals surface area contributed by atoms with Crippen molar-refractivity contribution in [3.05, 3.63) is 64.6 Å². The van der Waals surface area contributed by atoms with Crippen molar-refractivity contribution < 1.29 is 0 Å². The van der Waals surface area contributed by atoms with Gasteiger partial charge >= 0.3 is 5.69 Å². The molecule has 0 spiro atoms. The zero-order valence-electron chi connectivity index (χ0n) is 10.4. The quantitative estimate of drug-likeness (QED) is 0.804. The fraction of sp³-hybridized carbons (Fsp3) is 0.200. The molecule has 2 aromatic rings. The van der Waals surface area contributed by atoms with Gasteiger partial charge in [0.05, 0.1) is 0 Å². The van der Waals surface area contributed by atoms with E-state index in [1.165, 1.54) is 11.1 Å². The number of hydrogen-bond acceptors (Lipinski definition) is 2. The van der Waals surface area contributed by atoms with Gasteiger partial charge in [-0.1, -0.05) is 31.2 Å². The van der Waals surface area contributed by atoms with Crippen molar-refractivity contribution >= 4 is 11.4 Å². The second-order valence-electron chi connectivity index (χ2n) is 4.12. The van der Waals surface area contributed by atoms with E-state index in [-0.39, 0.29) is 0 Å². The van der Waals surface area contributed by atoms with Crippen LogP contribution in [0.1, 0.15) is 18.1 Å². The maximum atomic E-state index is 8.61. The molecule has 0 aliphatic rings. The number of rotatable bonds is 4. The van der Waals surface area contributed by atoms with Crippen LogP contribution in [0.5, 0.6) is 0 Å². The average molecular weight is 238 g/mol. The molecule has 0 heterocycles. The van der Waals surface area contributed by atoms with Crippen molar-refractivity contribution in [1.29, 1.82) is 5.39 Å². The van der Waals surface area contributed by atoms with Gasteiger partial charge in [0.2, 0.25) is 5.39 Å². The predicted octanol–water partition coefficient (Wildman–Crippen LogP) is 4.35. The van der Waals surface area contributed by atoms with E-state index in [0.29, 0.717) is 5.69 Å². The molecule has 0 bridgehead atoms. The Morgan fingerprint density at radius 2 is 1.67 bits per heavy atom. The highest BCUT2D eigenvalue weighted by Gasteiger charge is 2.03. The van der Waals surface area contributed by atoms with Gasteiger partial charge in [-0.05, 0) is 29.7 Å². The lowest BCUT2D eigenvalue weighted by Gasteiger charge is -2.09. The summed E-state index contributed by atoms with van der Waals surface area (Å²) in [5.41, 5.74) is 4.27. The number of anilines is 1. The van der Waals surface area contributed by atoms with Crippen molar-refractivity contribution in [1.82, 2.24) is 0 Å². The van der Waals surface area contributed by atoms with Crippen LogP contribution >= 0.6 is 0 Å². The molecule has 3 heteroatoms. The lowest BCUT2D eigenvalue weighted by Crippen LogP contribution is -2.02. The number of benzene rings is 2. The number of aryl methyl sites for hydroxylation is 1. The molecule has 0 amide bonds. The zero-order chi connectivity index (χ0) is 12.8. The SMILES string of the molecule is CCc1ccccc1CNc1ccc([N+]#N)cc1. The molecular weight excluding hydrogens is 222 g/mol. The first-order chi connectivity index (χ1) is 8.83. The topological polar surface area (TPSA) is 40.2 Å². The smallest absolute Gasteiger partial charge is 0.381 e. The van der Waals surface area contributed by atoms with E-state index in [4.69, 9.17) is 5.39 Å². The molecule has 0 radical (unpaired) electrons. The Hall–Kier alpha value is -2.34. The largest absolute Gasteiger partial charge is 0.385 e. The standard InChI is InChI=1S/C15H16N3/c1-2-12-5-3-4-6-13(12)11-17-14-7-9-15(18-16)10-8-14/h3-10,17H,2,11H2,1H3/q+1. The third kappa shape index (κ3) is 2.86. The van der Waals surface area contributed by atoms with E-state index in [0.717, 1.165) is 18.7 Å². The average Bonchev–Trinajstić information content (AvgIpc) is 2.46. The fourth-order valence-electron chi connectivity index (χ4n) is 1.92. The molecule has 0 atom stereocenters. The minimum absolute atomic E-state index is 0.564. The summed E-state index contributed by atoms with van der Waals surface area (Å²) in [6.45, 7) is 2.97. The summed E-state index contributed by atoms with van der Waals surface area (Å²) >= 11 is 0. The molecule has 1 N–H and O–H groups in total. The van der Waals surface area contributed by atoms with Gasteiger partial charge in [0.15, 0.2) is 4.98 Å². The molecule has 3 nitrogen and oxygen atoms in total. The molecule has 0 aliphatic carbocycles. The van der Waals surface area contributed by atoms with Gasteiger partial charge in [-0.25, -0.2) is 0 Å². The molecular formula is C15H16N3+. The van der Waals surface area contributed by atoms with E-state index >= 15 is 0 Å². The Balaban J connectivity index is 2.04. The molecule has 0 fully saturated rings. The minimum atomic E-state index is 0.564. The van der Waals surface area contributed by atoms with Gasteiger partial charge in [0, 0.05) is 24.4 Å². The van der Waals surface area contributed by atoms with E-state index in [1.54, 1.807) is 12.1 Å². The molecule has 0 aromatic heterocycles. The van der Waals surface area contributed by atoms with Crippen molar-refractivity contribution in [3.63, 3.8) is 0 Å². The Bertz CT molecular complexity index is 553. The molecule has 0 saturated heterocycles. The Morgan fingerprint density at radius 3 is 2.28 bits per heavy atom. The highest BCUT2D eigenvalue weighted by molar-refractivity contribution is 5.54. The van der Waals surface area contributed by atoms with Gasteiger partial charge in [-0.15, -0.1) is 0 Å². The van der Waals surface area contributed by atoms with Crippen molar-refractivity contribution in [3.8, 4) is 0 Å². The minimum Gasteiger partial charge on any atom is -0.381 e. The van der Waals surface area contributed by atoms with Crippen LogP contribution in [0.15, 0.2) is 48.5 Å². The van der Waals surface area contributed by atoms with Gasteiger partial charge in [0.25, 0.3) is 0 Å². The van der Waals surface area contributed by atoms with Gasteiger partial charge in [-0.3, -0.25) is 0 Å². The molecule has 18 heavy (non-hydrogen) atoms. The lowest BCUT2D eigenvalue weighted by molar-refractivity contribution is 1.04. The van der Waals surface area contributed by atoms with Crippen LogP contribution < -0.4 is 5.32 Å². The second-order valence-corrected chi connectivity index (χ2v) is 4.12. The molecule has 0 unspecified atom stereocenters.